The Bertz CT molecular complexity index is 736. The minimum Gasteiger partial charge on any atom is -0.481 e. The average Bonchev–Trinajstić information content (AvgIpc) is 3.12. The Morgan fingerprint density at radius 1 is 1.28 bits per heavy atom. The molecule has 6 heteroatoms. The number of rotatable bonds is 5. The van der Waals surface area contributed by atoms with Gasteiger partial charge in [-0.25, -0.2) is 4.98 Å². The van der Waals surface area contributed by atoms with Gasteiger partial charge in [-0.1, -0.05) is 29.8 Å². The Morgan fingerprint density at radius 2 is 2.04 bits per heavy atom. The van der Waals surface area contributed by atoms with Crippen LogP contribution in [0.5, 0.6) is 5.88 Å². The highest BCUT2D eigenvalue weighted by atomic mass is 35.5. The number of nitrogens with one attached hydrogen (secondary N) is 2. The van der Waals surface area contributed by atoms with Crippen molar-refractivity contribution in [1.29, 1.82) is 0 Å². The molecule has 2 heterocycles. The van der Waals surface area contributed by atoms with Crippen molar-refractivity contribution in [3.05, 3.63) is 58.7 Å². The van der Waals surface area contributed by atoms with E-state index in [9.17, 15) is 4.79 Å². The van der Waals surface area contributed by atoms with Crippen molar-refractivity contribution >= 4 is 17.5 Å². The molecule has 3 rings (SSSR count). The number of hydrogen-bond acceptors (Lipinski definition) is 4. The lowest BCUT2D eigenvalue weighted by Crippen LogP contribution is -2.36. The number of pyridine rings is 1. The quantitative estimate of drug-likeness (QED) is 0.861. The number of carbonyl (C=O) groups is 1. The topological polar surface area (TPSA) is 63.2 Å². The Morgan fingerprint density at radius 3 is 2.76 bits per heavy atom. The molecule has 1 aliphatic heterocycles. The van der Waals surface area contributed by atoms with Crippen LogP contribution < -0.4 is 15.4 Å². The molecule has 5 nitrogen and oxygen atoms in total. The molecule has 0 spiro atoms. The first-order valence-corrected chi connectivity index (χ1v) is 8.74. The summed E-state index contributed by atoms with van der Waals surface area (Å²) in [6, 6.07) is 13.1. The van der Waals surface area contributed by atoms with E-state index < -0.39 is 0 Å². The molecule has 3 unspecified atom stereocenters. The standard InChI is InChI=1S/C19H22ClN3O2/c1-12(17-4-3-5-18(23-17)25-2)22-19(24)16-11-21-10-15(16)13-6-8-14(20)9-7-13/h3-9,12,15-16,21H,10-11H2,1-2H3,(H,22,24). The molecular formula is C19H22ClN3O2. The smallest absolute Gasteiger partial charge is 0.225 e. The van der Waals surface area contributed by atoms with Gasteiger partial charge in [0.05, 0.1) is 24.8 Å². The summed E-state index contributed by atoms with van der Waals surface area (Å²) in [7, 11) is 1.58. The second-order valence-electron chi connectivity index (χ2n) is 6.26. The number of ether oxygens (including phenoxy) is 1. The number of benzene rings is 1. The van der Waals surface area contributed by atoms with Crippen LogP contribution in [0.4, 0.5) is 0 Å². The van der Waals surface area contributed by atoms with Crippen molar-refractivity contribution in [3.63, 3.8) is 0 Å². The summed E-state index contributed by atoms with van der Waals surface area (Å²) >= 11 is 5.97. The van der Waals surface area contributed by atoms with E-state index >= 15 is 0 Å². The number of nitrogens with zero attached hydrogens (tertiary/aromatic N) is 1. The molecule has 1 amide bonds. The van der Waals surface area contributed by atoms with Crippen molar-refractivity contribution in [3.8, 4) is 5.88 Å². The largest absolute Gasteiger partial charge is 0.481 e. The first-order valence-electron chi connectivity index (χ1n) is 8.36. The highest BCUT2D eigenvalue weighted by Crippen LogP contribution is 2.29. The Labute approximate surface area is 152 Å². The molecule has 2 N–H and O–H groups in total. The zero-order valence-corrected chi connectivity index (χ0v) is 15.1. The van der Waals surface area contributed by atoms with E-state index in [-0.39, 0.29) is 23.8 Å². The first kappa shape index (κ1) is 17.7. The highest BCUT2D eigenvalue weighted by molar-refractivity contribution is 6.30. The van der Waals surface area contributed by atoms with Gasteiger partial charge in [-0.2, -0.15) is 0 Å². The SMILES string of the molecule is COc1cccc(C(C)NC(=O)C2CNCC2c2ccc(Cl)cc2)n1. The predicted molar refractivity (Wildman–Crippen MR) is 97.9 cm³/mol. The van der Waals surface area contributed by atoms with E-state index in [2.05, 4.69) is 15.6 Å². The van der Waals surface area contributed by atoms with Crippen molar-refractivity contribution < 1.29 is 9.53 Å². The molecule has 3 atom stereocenters. The van der Waals surface area contributed by atoms with Crippen LogP contribution in [-0.4, -0.2) is 31.1 Å². The third kappa shape index (κ3) is 4.11. The molecule has 2 aromatic rings. The fraction of sp³-hybridized carbons (Fsp3) is 0.368. The van der Waals surface area contributed by atoms with Crippen LogP contribution in [0, 0.1) is 5.92 Å². The maximum absolute atomic E-state index is 12.8. The molecule has 1 aromatic heterocycles. The molecule has 132 valence electrons. The van der Waals surface area contributed by atoms with Crippen molar-refractivity contribution in [2.45, 2.75) is 18.9 Å². The van der Waals surface area contributed by atoms with Gasteiger partial charge in [-0.3, -0.25) is 4.79 Å². The van der Waals surface area contributed by atoms with E-state index in [0.717, 1.165) is 17.8 Å². The normalized spacial score (nSPS) is 20.9. The lowest BCUT2D eigenvalue weighted by Gasteiger charge is -2.21. The number of amides is 1. The second kappa shape index (κ2) is 7.85. The van der Waals surface area contributed by atoms with E-state index in [4.69, 9.17) is 16.3 Å². The summed E-state index contributed by atoms with van der Waals surface area (Å²) in [5, 5.41) is 7.10. The van der Waals surface area contributed by atoms with Gasteiger partial charge in [-0.05, 0) is 30.7 Å². The van der Waals surface area contributed by atoms with E-state index in [1.54, 1.807) is 13.2 Å². The summed E-state index contributed by atoms with van der Waals surface area (Å²) in [5.74, 6) is 0.596. The highest BCUT2D eigenvalue weighted by Gasteiger charge is 2.34. The molecule has 0 saturated carbocycles. The fourth-order valence-electron chi connectivity index (χ4n) is 3.19. The summed E-state index contributed by atoms with van der Waals surface area (Å²) in [6.07, 6.45) is 0. The maximum atomic E-state index is 12.8. The van der Waals surface area contributed by atoms with Crippen molar-refractivity contribution in [2.24, 2.45) is 5.92 Å². The molecule has 0 radical (unpaired) electrons. The Kier molecular flexibility index (Phi) is 5.56. The maximum Gasteiger partial charge on any atom is 0.225 e. The lowest BCUT2D eigenvalue weighted by molar-refractivity contribution is -0.125. The minimum atomic E-state index is -0.186. The Balaban J connectivity index is 1.70. The third-order valence-corrected chi connectivity index (χ3v) is 4.86. The van der Waals surface area contributed by atoms with Gasteiger partial charge in [0.15, 0.2) is 0 Å². The Hall–Kier alpha value is -2.11. The minimum absolute atomic E-state index is 0.0297. The zero-order chi connectivity index (χ0) is 17.8. The molecule has 25 heavy (non-hydrogen) atoms. The summed E-state index contributed by atoms with van der Waals surface area (Å²) in [5.41, 5.74) is 1.91. The van der Waals surface area contributed by atoms with E-state index in [1.807, 2.05) is 43.3 Å². The summed E-state index contributed by atoms with van der Waals surface area (Å²) in [6.45, 7) is 3.38. The van der Waals surface area contributed by atoms with Crippen LogP contribution in [0.1, 0.15) is 30.1 Å². The van der Waals surface area contributed by atoms with Gasteiger partial charge in [0.25, 0.3) is 0 Å². The van der Waals surface area contributed by atoms with Gasteiger partial charge in [0.2, 0.25) is 11.8 Å². The van der Waals surface area contributed by atoms with E-state index in [1.165, 1.54) is 0 Å². The van der Waals surface area contributed by atoms with Crippen molar-refractivity contribution in [2.75, 3.05) is 20.2 Å². The second-order valence-corrected chi connectivity index (χ2v) is 6.69. The molecule has 1 saturated heterocycles. The van der Waals surface area contributed by atoms with Gasteiger partial charge >= 0.3 is 0 Å². The first-order chi connectivity index (χ1) is 12.1. The molecule has 0 aliphatic carbocycles. The number of aromatic nitrogens is 1. The van der Waals surface area contributed by atoms with Gasteiger partial charge in [0.1, 0.15) is 0 Å². The molecule has 1 aliphatic rings. The summed E-state index contributed by atoms with van der Waals surface area (Å²) < 4.78 is 5.15. The van der Waals surface area contributed by atoms with Crippen molar-refractivity contribution in [1.82, 2.24) is 15.6 Å². The van der Waals surface area contributed by atoms with Crippen LogP contribution in [0.2, 0.25) is 5.02 Å². The number of halogens is 1. The lowest BCUT2D eigenvalue weighted by atomic mass is 9.88. The third-order valence-electron chi connectivity index (χ3n) is 4.61. The number of hydrogen-bond donors (Lipinski definition) is 2. The van der Waals surface area contributed by atoms with Gasteiger partial charge in [0, 0.05) is 30.1 Å². The van der Waals surface area contributed by atoms with Crippen LogP contribution in [-0.2, 0) is 4.79 Å². The monoisotopic (exact) mass is 359 g/mol. The van der Waals surface area contributed by atoms with Gasteiger partial charge in [-0.15, -0.1) is 0 Å². The molecule has 0 bridgehead atoms. The van der Waals surface area contributed by atoms with Crippen LogP contribution in [0.15, 0.2) is 42.5 Å². The summed E-state index contributed by atoms with van der Waals surface area (Å²) in [4.78, 5) is 17.2. The van der Waals surface area contributed by atoms with E-state index in [0.29, 0.717) is 17.4 Å². The predicted octanol–water partition coefficient (Wildman–Crippen LogP) is 2.92. The number of methoxy groups -OCH3 is 1. The van der Waals surface area contributed by atoms with Gasteiger partial charge < -0.3 is 15.4 Å². The molecule has 1 fully saturated rings. The fourth-order valence-corrected chi connectivity index (χ4v) is 3.32. The number of carbonyl (C=O) groups excluding carboxylic acids is 1. The zero-order valence-electron chi connectivity index (χ0n) is 14.3. The van der Waals surface area contributed by atoms with Crippen LogP contribution in [0.25, 0.3) is 0 Å². The van der Waals surface area contributed by atoms with Crippen LogP contribution >= 0.6 is 11.6 Å². The molecule has 1 aromatic carbocycles. The van der Waals surface area contributed by atoms with Crippen LogP contribution in [0.3, 0.4) is 0 Å². The average molecular weight is 360 g/mol. The molecular weight excluding hydrogens is 338 g/mol.